The average molecular weight is 238 g/mol. The van der Waals surface area contributed by atoms with Crippen molar-refractivity contribution in [3.05, 3.63) is 18.2 Å². The van der Waals surface area contributed by atoms with Crippen molar-refractivity contribution in [1.82, 2.24) is 0 Å². The zero-order valence-corrected chi connectivity index (χ0v) is 9.60. The van der Waals surface area contributed by atoms with Crippen LogP contribution in [-0.4, -0.2) is 32.4 Å². The molecule has 0 atom stereocenters. The fourth-order valence-electron chi connectivity index (χ4n) is 1.43. The number of hydrogen-bond donors (Lipinski definition) is 0. The molecule has 0 aromatic heterocycles. The van der Waals surface area contributed by atoms with Crippen molar-refractivity contribution in [1.29, 1.82) is 0 Å². The summed E-state index contributed by atoms with van der Waals surface area (Å²) in [6.07, 6.45) is 0. The number of carbonyl (C=O) groups is 1. The summed E-state index contributed by atoms with van der Waals surface area (Å²) in [5.74, 6) is 1.27. The Bertz CT molecular complexity index is 402. The highest BCUT2D eigenvalue weighted by atomic mass is 16.6. The fourth-order valence-corrected chi connectivity index (χ4v) is 1.43. The van der Waals surface area contributed by atoms with Crippen molar-refractivity contribution in [2.75, 3.05) is 26.4 Å². The van der Waals surface area contributed by atoms with Crippen molar-refractivity contribution in [3.8, 4) is 17.2 Å². The molecule has 0 unspecified atom stereocenters. The monoisotopic (exact) mass is 238 g/mol. The molecule has 1 aromatic rings. The number of ether oxygens (including phenoxy) is 4. The number of benzene rings is 1. The Morgan fingerprint density at radius 3 is 2.82 bits per heavy atom. The van der Waals surface area contributed by atoms with Crippen LogP contribution in [0.2, 0.25) is 0 Å². The van der Waals surface area contributed by atoms with Gasteiger partial charge in [-0.1, -0.05) is 0 Å². The molecule has 0 amide bonds. The first kappa shape index (κ1) is 11.7. The van der Waals surface area contributed by atoms with Gasteiger partial charge in [0.2, 0.25) is 0 Å². The van der Waals surface area contributed by atoms with E-state index in [1.54, 1.807) is 18.2 Å². The lowest BCUT2D eigenvalue weighted by Crippen LogP contribution is -2.17. The Hall–Kier alpha value is -1.75. The maximum absolute atomic E-state index is 11.3. The van der Waals surface area contributed by atoms with Gasteiger partial charge in [-0.25, -0.2) is 4.79 Å². The highest BCUT2D eigenvalue weighted by Crippen LogP contribution is 2.33. The summed E-state index contributed by atoms with van der Waals surface area (Å²) in [6.45, 7) is 3.29. The lowest BCUT2D eigenvalue weighted by Gasteiger charge is -2.18. The van der Waals surface area contributed by atoms with Crippen molar-refractivity contribution in [3.63, 3.8) is 0 Å². The molecule has 0 saturated heterocycles. The van der Waals surface area contributed by atoms with Gasteiger partial charge in [-0.15, -0.1) is 0 Å². The van der Waals surface area contributed by atoms with E-state index in [2.05, 4.69) is 0 Å². The molecular weight excluding hydrogens is 224 g/mol. The quantitative estimate of drug-likeness (QED) is 0.586. The van der Waals surface area contributed by atoms with Crippen molar-refractivity contribution < 1.29 is 23.7 Å². The van der Waals surface area contributed by atoms with E-state index in [-0.39, 0.29) is 6.61 Å². The van der Waals surface area contributed by atoms with Crippen LogP contribution < -0.4 is 14.2 Å². The lowest BCUT2D eigenvalue weighted by molar-refractivity contribution is -0.139. The third-order valence-electron chi connectivity index (χ3n) is 2.17. The van der Waals surface area contributed by atoms with Gasteiger partial charge in [-0.2, -0.15) is 0 Å². The van der Waals surface area contributed by atoms with Crippen LogP contribution in [0.3, 0.4) is 0 Å². The van der Waals surface area contributed by atoms with E-state index in [1.165, 1.54) is 0 Å². The molecule has 0 fully saturated rings. The topological polar surface area (TPSA) is 54.0 Å². The van der Waals surface area contributed by atoms with Crippen LogP contribution in [0.1, 0.15) is 6.92 Å². The van der Waals surface area contributed by atoms with Gasteiger partial charge in [-0.3, -0.25) is 0 Å². The summed E-state index contributed by atoms with van der Waals surface area (Å²) in [6, 6.07) is 5.02. The second-order valence-corrected chi connectivity index (χ2v) is 3.42. The molecule has 17 heavy (non-hydrogen) atoms. The number of carbonyl (C=O) groups excluding carboxylic acids is 1. The van der Waals surface area contributed by atoms with Gasteiger partial charge >= 0.3 is 5.97 Å². The smallest absolute Gasteiger partial charge is 0.337 e. The molecule has 0 radical (unpaired) electrons. The molecule has 0 spiro atoms. The van der Waals surface area contributed by atoms with Crippen LogP contribution in [-0.2, 0) is 9.53 Å². The predicted octanol–water partition coefficient (Wildman–Crippen LogP) is 1.40. The van der Waals surface area contributed by atoms with Crippen molar-refractivity contribution in [2.45, 2.75) is 6.92 Å². The first-order chi connectivity index (χ1) is 8.29. The molecule has 0 saturated carbocycles. The molecule has 2 rings (SSSR count). The molecule has 1 aliphatic rings. The summed E-state index contributed by atoms with van der Waals surface area (Å²) in [5, 5.41) is 0. The molecule has 1 aromatic carbocycles. The predicted molar refractivity (Wildman–Crippen MR) is 59.6 cm³/mol. The first-order valence-corrected chi connectivity index (χ1v) is 5.47. The van der Waals surface area contributed by atoms with Gasteiger partial charge in [0.1, 0.15) is 25.6 Å². The second-order valence-electron chi connectivity index (χ2n) is 3.42. The van der Waals surface area contributed by atoms with Crippen LogP contribution in [0.4, 0.5) is 0 Å². The van der Waals surface area contributed by atoms with Crippen molar-refractivity contribution in [2.24, 2.45) is 0 Å². The van der Waals surface area contributed by atoms with E-state index in [9.17, 15) is 4.79 Å². The van der Waals surface area contributed by atoms with Gasteiger partial charge in [-0.05, 0) is 19.1 Å². The van der Waals surface area contributed by atoms with Gasteiger partial charge in [0, 0.05) is 12.7 Å². The molecule has 1 heterocycles. The minimum atomic E-state index is -0.427. The Kier molecular flexibility index (Phi) is 3.82. The van der Waals surface area contributed by atoms with Gasteiger partial charge in [0.15, 0.2) is 11.5 Å². The minimum absolute atomic E-state index is 0.0507. The lowest BCUT2D eigenvalue weighted by atomic mass is 10.3. The zero-order valence-electron chi connectivity index (χ0n) is 9.60. The zero-order chi connectivity index (χ0) is 12.1. The molecule has 92 valence electrons. The first-order valence-electron chi connectivity index (χ1n) is 5.47. The van der Waals surface area contributed by atoms with Gasteiger partial charge in [0.25, 0.3) is 0 Å². The minimum Gasteiger partial charge on any atom is -0.486 e. The van der Waals surface area contributed by atoms with E-state index in [4.69, 9.17) is 18.9 Å². The van der Waals surface area contributed by atoms with Crippen LogP contribution in [0, 0.1) is 0 Å². The maximum atomic E-state index is 11.3. The van der Waals surface area contributed by atoms with E-state index >= 15 is 0 Å². The van der Waals surface area contributed by atoms with Crippen LogP contribution >= 0.6 is 0 Å². The Morgan fingerprint density at radius 2 is 2.06 bits per heavy atom. The van der Waals surface area contributed by atoms with Crippen LogP contribution in [0.15, 0.2) is 18.2 Å². The third kappa shape index (κ3) is 3.10. The third-order valence-corrected chi connectivity index (χ3v) is 2.17. The number of hydrogen-bond acceptors (Lipinski definition) is 5. The van der Waals surface area contributed by atoms with E-state index in [1.807, 2.05) is 6.92 Å². The Labute approximate surface area is 99.2 Å². The standard InChI is InChI=1S/C12H14O5/c1-2-14-8-12(13)17-9-3-4-10-11(7-9)16-6-5-15-10/h3-4,7H,2,5-6,8H2,1H3. The molecular formula is C12H14O5. The Morgan fingerprint density at radius 1 is 1.29 bits per heavy atom. The van der Waals surface area contributed by atoms with E-state index in [0.717, 1.165) is 0 Å². The number of rotatable bonds is 4. The Balaban J connectivity index is 1.99. The van der Waals surface area contributed by atoms with E-state index in [0.29, 0.717) is 37.1 Å². The highest BCUT2D eigenvalue weighted by molar-refractivity contribution is 5.73. The summed E-state index contributed by atoms with van der Waals surface area (Å²) >= 11 is 0. The molecule has 0 N–H and O–H groups in total. The summed E-state index contributed by atoms with van der Waals surface area (Å²) < 4.78 is 20.8. The molecule has 5 heteroatoms. The fraction of sp³-hybridized carbons (Fsp3) is 0.417. The summed E-state index contributed by atoms with van der Waals surface area (Å²) in [7, 11) is 0. The highest BCUT2D eigenvalue weighted by Gasteiger charge is 2.13. The van der Waals surface area contributed by atoms with Crippen molar-refractivity contribution >= 4 is 5.97 Å². The normalized spacial score (nSPS) is 13.2. The van der Waals surface area contributed by atoms with Crippen LogP contribution in [0.5, 0.6) is 17.2 Å². The van der Waals surface area contributed by atoms with Gasteiger partial charge in [0.05, 0.1) is 0 Å². The maximum Gasteiger partial charge on any atom is 0.337 e. The SMILES string of the molecule is CCOCC(=O)Oc1ccc2c(c1)OCCO2. The molecule has 0 aliphatic carbocycles. The van der Waals surface area contributed by atoms with E-state index < -0.39 is 5.97 Å². The summed E-state index contributed by atoms with van der Waals surface area (Å²) in [5.41, 5.74) is 0. The molecule has 1 aliphatic heterocycles. The molecule has 0 bridgehead atoms. The van der Waals surface area contributed by atoms with Gasteiger partial charge < -0.3 is 18.9 Å². The average Bonchev–Trinajstić information content (AvgIpc) is 2.36. The van der Waals surface area contributed by atoms with Crippen LogP contribution in [0.25, 0.3) is 0 Å². The summed E-state index contributed by atoms with van der Waals surface area (Å²) in [4.78, 5) is 11.3. The largest absolute Gasteiger partial charge is 0.486 e. The number of fused-ring (bicyclic) bond motifs is 1. The second kappa shape index (κ2) is 5.54. The number of esters is 1. The molecule has 5 nitrogen and oxygen atoms in total.